The fourth-order valence-electron chi connectivity index (χ4n) is 4.39. The van der Waals surface area contributed by atoms with Crippen LogP contribution in [0.4, 0.5) is 0 Å². The van der Waals surface area contributed by atoms with Crippen LogP contribution in [0.2, 0.25) is 0 Å². The number of nitrogens with zero attached hydrogens (tertiary/aromatic N) is 1. The summed E-state index contributed by atoms with van der Waals surface area (Å²) in [6, 6.07) is 24.5. The van der Waals surface area contributed by atoms with Gasteiger partial charge in [0, 0.05) is 18.7 Å². The fourth-order valence-corrected chi connectivity index (χ4v) is 4.39. The molecule has 0 saturated carbocycles. The third-order valence-electron chi connectivity index (χ3n) is 6.70. The molecule has 4 rings (SSSR count). The van der Waals surface area contributed by atoms with Crippen molar-refractivity contribution in [3.8, 4) is 5.75 Å². The molecule has 1 amide bonds. The number of benzene rings is 3. The number of aromatic amines is 2. The molecule has 4 aromatic rings. The minimum atomic E-state index is -0.418. The Kier molecular flexibility index (Phi) is 11.1. The quantitative estimate of drug-likeness (QED) is 0.216. The first-order valence-corrected chi connectivity index (χ1v) is 14.2. The molecule has 0 aliphatic heterocycles. The highest BCUT2D eigenvalue weighted by Crippen LogP contribution is 2.13. The van der Waals surface area contributed by atoms with Gasteiger partial charge in [0.2, 0.25) is 0 Å². The molecule has 42 heavy (non-hydrogen) atoms. The maximum atomic E-state index is 12.7. The Morgan fingerprint density at radius 3 is 1.98 bits per heavy atom. The second kappa shape index (κ2) is 15.3. The van der Waals surface area contributed by atoms with Crippen molar-refractivity contribution in [2.75, 3.05) is 33.8 Å². The third kappa shape index (κ3) is 9.45. The standard InChI is InChI=1S/C34H38N4O4/c1-38(2)21-8-22-42-29-18-14-27(15-19-29)24-31-34(41)36-30(33(40)37-31)23-26-12-16-28(17-13-26)32(39)35-20-7-6-11-25-9-4-3-5-10-25/h3-5,9-10,12-19,23-24H,6-8,11,20-22H2,1-2H3,(H,35,39)(H,36,41)(H,37,40). The number of nitrogens with one attached hydrogen (secondary N) is 3. The summed E-state index contributed by atoms with van der Waals surface area (Å²) in [5, 5.41) is 3.24. The van der Waals surface area contributed by atoms with Crippen LogP contribution in [0.15, 0.2) is 88.5 Å². The third-order valence-corrected chi connectivity index (χ3v) is 6.70. The van der Waals surface area contributed by atoms with Crippen LogP contribution in [0.1, 0.15) is 46.3 Å². The van der Waals surface area contributed by atoms with Crippen molar-refractivity contribution in [1.82, 2.24) is 20.2 Å². The van der Waals surface area contributed by atoms with E-state index in [1.165, 1.54) is 5.56 Å². The number of amides is 1. The predicted molar refractivity (Wildman–Crippen MR) is 167 cm³/mol. The van der Waals surface area contributed by atoms with Crippen LogP contribution < -0.4 is 31.9 Å². The molecule has 0 radical (unpaired) electrons. The first-order valence-electron chi connectivity index (χ1n) is 14.2. The molecule has 0 bridgehead atoms. The van der Waals surface area contributed by atoms with Crippen LogP contribution in [0.5, 0.6) is 5.75 Å². The Balaban J connectivity index is 1.34. The minimum Gasteiger partial charge on any atom is -0.494 e. The van der Waals surface area contributed by atoms with Crippen molar-refractivity contribution >= 4 is 18.1 Å². The van der Waals surface area contributed by atoms with E-state index < -0.39 is 11.1 Å². The van der Waals surface area contributed by atoms with Crippen molar-refractivity contribution in [3.63, 3.8) is 0 Å². The van der Waals surface area contributed by atoms with E-state index in [0.29, 0.717) is 24.3 Å². The zero-order valence-corrected chi connectivity index (χ0v) is 24.2. The molecule has 0 spiro atoms. The van der Waals surface area contributed by atoms with Gasteiger partial charge in [-0.05, 0) is 92.9 Å². The molecule has 1 aromatic heterocycles. The van der Waals surface area contributed by atoms with E-state index in [1.807, 2.05) is 56.6 Å². The first kappa shape index (κ1) is 30.3. The van der Waals surface area contributed by atoms with Crippen LogP contribution in [-0.4, -0.2) is 54.6 Å². The van der Waals surface area contributed by atoms with Crippen molar-refractivity contribution in [3.05, 3.63) is 133 Å². The lowest BCUT2D eigenvalue weighted by molar-refractivity contribution is 0.0953. The van der Waals surface area contributed by atoms with Gasteiger partial charge in [0.1, 0.15) is 16.4 Å². The number of H-pyrrole nitrogens is 2. The average Bonchev–Trinajstić information content (AvgIpc) is 2.99. The van der Waals surface area contributed by atoms with Gasteiger partial charge in [0.15, 0.2) is 0 Å². The normalized spacial score (nSPS) is 12.1. The summed E-state index contributed by atoms with van der Waals surface area (Å²) in [7, 11) is 4.05. The van der Waals surface area contributed by atoms with E-state index in [-0.39, 0.29) is 16.6 Å². The van der Waals surface area contributed by atoms with Gasteiger partial charge in [0.05, 0.1) is 6.61 Å². The molecule has 3 N–H and O–H groups in total. The number of aryl methyl sites for hydroxylation is 1. The number of rotatable bonds is 13. The van der Waals surface area contributed by atoms with Crippen molar-refractivity contribution in [1.29, 1.82) is 0 Å². The van der Waals surface area contributed by atoms with Gasteiger partial charge >= 0.3 is 0 Å². The van der Waals surface area contributed by atoms with E-state index >= 15 is 0 Å². The molecule has 8 heteroatoms. The molecule has 0 aliphatic rings. The number of carbonyl (C=O) groups excluding carboxylic acids is 1. The summed E-state index contributed by atoms with van der Waals surface area (Å²) in [5.74, 6) is 0.608. The topological polar surface area (TPSA) is 107 Å². The summed E-state index contributed by atoms with van der Waals surface area (Å²) in [5.41, 5.74) is 2.46. The first-order chi connectivity index (χ1) is 20.4. The van der Waals surface area contributed by atoms with Gasteiger partial charge in [-0.15, -0.1) is 0 Å². The van der Waals surface area contributed by atoms with Gasteiger partial charge < -0.3 is 24.9 Å². The molecule has 0 saturated heterocycles. The number of hydrogen-bond acceptors (Lipinski definition) is 5. The number of ether oxygens (including phenoxy) is 1. The van der Waals surface area contributed by atoms with Crippen LogP contribution in [-0.2, 0) is 6.42 Å². The Hall–Kier alpha value is -4.69. The monoisotopic (exact) mass is 566 g/mol. The number of carbonyl (C=O) groups is 1. The zero-order chi connectivity index (χ0) is 29.7. The van der Waals surface area contributed by atoms with Crippen molar-refractivity contribution in [2.45, 2.75) is 25.7 Å². The highest BCUT2D eigenvalue weighted by Gasteiger charge is 2.05. The highest BCUT2D eigenvalue weighted by molar-refractivity contribution is 5.94. The molecule has 1 heterocycles. The largest absolute Gasteiger partial charge is 0.494 e. The van der Waals surface area contributed by atoms with Crippen LogP contribution in [0, 0.1) is 0 Å². The summed E-state index contributed by atoms with van der Waals surface area (Å²) < 4.78 is 5.74. The lowest BCUT2D eigenvalue weighted by atomic mass is 10.1. The molecule has 218 valence electrons. The van der Waals surface area contributed by atoms with E-state index in [2.05, 4.69) is 32.3 Å². The van der Waals surface area contributed by atoms with Gasteiger partial charge in [-0.1, -0.05) is 54.6 Å². The summed E-state index contributed by atoms with van der Waals surface area (Å²) in [4.78, 5) is 45.3. The number of unbranched alkanes of at least 4 members (excludes halogenated alkanes) is 1. The molecule has 0 atom stereocenters. The maximum absolute atomic E-state index is 12.7. The van der Waals surface area contributed by atoms with E-state index in [4.69, 9.17) is 4.74 Å². The molecule has 3 aromatic carbocycles. The van der Waals surface area contributed by atoms with Crippen LogP contribution in [0.3, 0.4) is 0 Å². The molecular weight excluding hydrogens is 528 g/mol. The van der Waals surface area contributed by atoms with E-state index in [9.17, 15) is 14.4 Å². The molecule has 8 nitrogen and oxygen atoms in total. The second-order valence-electron chi connectivity index (χ2n) is 10.4. The predicted octanol–water partition coefficient (Wildman–Crippen LogP) is 2.80. The zero-order valence-electron chi connectivity index (χ0n) is 24.2. The average molecular weight is 567 g/mol. The smallest absolute Gasteiger partial charge is 0.272 e. The van der Waals surface area contributed by atoms with Crippen molar-refractivity contribution in [2.24, 2.45) is 0 Å². The SMILES string of the molecule is CN(C)CCCOc1ccc(C=c2[nH]c(=O)c(=Cc3ccc(C(=O)NCCCCc4ccccc4)cc3)[nH]c2=O)cc1. The second-order valence-corrected chi connectivity index (χ2v) is 10.4. The Labute approximate surface area is 245 Å². The highest BCUT2D eigenvalue weighted by atomic mass is 16.5. The van der Waals surface area contributed by atoms with Gasteiger partial charge in [-0.3, -0.25) is 14.4 Å². The molecular formula is C34H38N4O4. The number of hydrogen-bond donors (Lipinski definition) is 3. The minimum absolute atomic E-state index is 0.134. The van der Waals surface area contributed by atoms with Gasteiger partial charge in [0.25, 0.3) is 17.0 Å². The molecule has 0 aliphatic carbocycles. The van der Waals surface area contributed by atoms with Gasteiger partial charge in [-0.2, -0.15) is 0 Å². The van der Waals surface area contributed by atoms with Crippen LogP contribution in [0.25, 0.3) is 12.2 Å². The van der Waals surface area contributed by atoms with E-state index in [1.54, 1.807) is 36.4 Å². The van der Waals surface area contributed by atoms with Crippen LogP contribution >= 0.6 is 0 Å². The van der Waals surface area contributed by atoms with E-state index in [0.717, 1.165) is 43.5 Å². The Morgan fingerprint density at radius 2 is 1.38 bits per heavy atom. The molecule has 0 unspecified atom stereocenters. The lowest BCUT2D eigenvalue weighted by Gasteiger charge is -2.10. The summed E-state index contributed by atoms with van der Waals surface area (Å²) in [6.07, 6.45) is 7.01. The summed E-state index contributed by atoms with van der Waals surface area (Å²) >= 11 is 0. The summed E-state index contributed by atoms with van der Waals surface area (Å²) in [6.45, 7) is 2.18. The Bertz CT molecular complexity index is 1670. The van der Waals surface area contributed by atoms with Crippen molar-refractivity contribution < 1.29 is 9.53 Å². The van der Waals surface area contributed by atoms with Gasteiger partial charge in [-0.25, -0.2) is 0 Å². The maximum Gasteiger partial charge on any atom is 0.272 e. The lowest BCUT2D eigenvalue weighted by Crippen LogP contribution is -2.46. The Morgan fingerprint density at radius 1 is 0.786 bits per heavy atom. The number of aromatic nitrogens is 2. The molecule has 0 fully saturated rings. The fraction of sp³-hybridized carbons (Fsp3) is 0.265.